The molecule has 1 saturated heterocycles. The maximum absolute atomic E-state index is 4.62. The minimum atomic E-state index is 0.332. The van der Waals surface area contributed by atoms with Crippen LogP contribution >= 0.6 is 0 Å². The monoisotopic (exact) mass is 240 g/mol. The zero-order valence-electron chi connectivity index (χ0n) is 10.8. The maximum atomic E-state index is 4.62. The fourth-order valence-electron chi connectivity index (χ4n) is 3.69. The van der Waals surface area contributed by atoms with Gasteiger partial charge in [0.2, 0.25) is 0 Å². The van der Waals surface area contributed by atoms with Gasteiger partial charge in [-0.1, -0.05) is 18.6 Å². The molecule has 2 heteroatoms. The summed E-state index contributed by atoms with van der Waals surface area (Å²) in [7, 11) is 0. The molecule has 0 aromatic heterocycles. The van der Waals surface area contributed by atoms with Gasteiger partial charge in [-0.05, 0) is 61.9 Å². The molecule has 0 atom stereocenters. The zero-order valence-corrected chi connectivity index (χ0v) is 10.8. The largest absolute Gasteiger partial charge is 0.317 e. The zero-order chi connectivity index (χ0) is 12.0. The lowest BCUT2D eigenvalue weighted by atomic mass is 9.65. The van der Waals surface area contributed by atoms with E-state index >= 15 is 0 Å². The third kappa shape index (κ3) is 1.48. The second-order valence-corrected chi connectivity index (χ2v) is 6.07. The number of fused-ring (bicyclic) bond motifs is 2. The van der Waals surface area contributed by atoms with Crippen molar-refractivity contribution in [1.82, 2.24) is 5.32 Å². The van der Waals surface area contributed by atoms with Gasteiger partial charge >= 0.3 is 0 Å². The molecule has 3 aliphatic rings. The van der Waals surface area contributed by atoms with E-state index < -0.39 is 0 Å². The van der Waals surface area contributed by atoms with E-state index in [0.717, 1.165) is 5.92 Å². The number of hydrogen-bond acceptors (Lipinski definition) is 2. The average molecular weight is 240 g/mol. The smallest absolute Gasteiger partial charge is 0.0667 e. The highest BCUT2D eigenvalue weighted by Crippen LogP contribution is 2.50. The molecule has 1 N–H and O–H groups in total. The van der Waals surface area contributed by atoms with Crippen molar-refractivity contribution in [2.75, 3.05) is 13.1 Å². The van der Waals surface area contributed by atoms with Crippen molar-refractivity contribution in [2.24, 2.45) is 4.99 Å². The van der Waals surface area contributed by atoms with Crippen LogP contribution in [0.1, 0.15) is 49.1 Å². The first kappa shape index (κ1) is 10.7. The Balaban J connectivity index is 1.69. The molecule has 94 valence electrons. The van der Waals surface area contributed by atoms with E-state index in [9.17, 15) is 0 Å². The second kappa shape index (κ2) is 3.92. The van der Waals surface area contributed by atoms with Crippen molar-refractivity contribution >= 4 is 11.9 Å². The summed E-state index contributed by atoms with van der Waals surface area (Å²) in [5, 5.41) is 3.45. The minimum absolute atomic E-state index is 0.332. The molecule has 2 nitrogen and oxygen atoms in total. The highest BCUT2D eigenvalue weighted by atomic mass is 14.9. The molecule has 1 aliphatic carbocycles. The highest BCUT2D eigenvalue weighted by Gasteiger charge is 2.41. The number of benzene rings is 1. The predicted molar refractivity (Wildman–Crippen MR) is 75.0 cm³/mol. The molecule has 0 amide bonds. The summed E-state index contributed by atoms with van der Waals surface area (Å²) >= 11 is 0. The van der Waals surface area contributed by atoms with Crippen molar-refractivity contribution in [2.45, 2.75) is 43.4 Å². The Bertz CT molecular complexity index is 494. The summed E-state index contributed by atoms with van der Waals surface area (Å²) in [5.74, 6) is 0.759. The van der Waals surface area contributed by atoms with Crippen LogP contribution in [0, 0.1) is 0 Å². The lowest BCUT2D eigenvalue weighted by Crippen LogP contribution is -2.33. The Hall–Kier alpha value is -1.15. The van der Waals surface area contributed by atoms with E-state index in [2.05, 4.69) is 34.7 Å². The van der Waals surface area contributed by atoms with Gasteiger partial charge in [0.15, 0.2) is 0 Å². The van der Waals surface area contributed by atoms with Crippen molar-refractivity contribution in [3.63, 3.8) is 0 Å². The first-order valence-corrected chi connectivity index (χ1v) is 7.28. The fraction of sp³-hybridized carbons (Fsp3) is 0.562. The van der Waals surface area contributed by atoms with Gasteiger partial charge in [-0.3, -0.25) is 4.99 Å². The number of piperidine rings is 1. The summed E-state index contributed by atoms with van der Waals surface area (Å²) in [5.41, 5.74) is 4.63. The third-order valence-corrected chi connectivity index (χ3v) is 5.06. The Morgan fingerprint density at radius 1 is 1.17 bits per heavy atom. The molecule has 2 fully saturated rings. The molecule has 0 unspecified atom stereocenters. The highest BCUT2D eigenvalue weighted by molar-refractivity contribution is 5.86. The maximum Gasteiger partial charge on any atom is 0.0667 e. The van der Waals surface area contributed by atoms with Gasteiger partial charge in [0.25, 0.3) is 0 Å². The van der Waals surface area contributed by atoms with Gasteiger partial charge in [-0.2, -0.15) is 0 Å². The van der Waals surface area contributed by atoms with Gasteiger partial charge < -0.3 is 5.32 Å². The molecular weight excluding hydrogens is 220 g/mol. The van der Waals surface area contributed by atoms with Crippen LogP contribution < -0.4 is 5.32 Å². The van der Waals surface area contributed by atoms with Gasteiger partial charge in [-0.25, -0.2) is 0 Å². The molecule has 0 bridgehead atoms. The Morgan fingerprint density at radius 3 is 2.72 bits per heavy atom. The number of nitrogens with zero attached hydrogens (tertiary/aromatic N) is 1. The second-order valence-electron chi connectivity index (χ2n) is 6.07. The van der Waals surface area contributed by atoms with Gasteiger partial charge in [0, 0.05) is 11.6 Å². The van der Waals surface area contributed by atoms with E-state index in [1.54, 1.807) is 5.56 Å². The molecule has 4 rings (SSSR count). The van der Waals surface area contributed by atoms with E-state index in [-0.39, 0.29) is 0 Å². The van der Waals surface area contributed by atoms with Crippen LogP contribution in [0.15, 0.2) is 23.2 Å². The Labute approximate surface area is 109 Å². The topological polar surface area (TPSA) is 24.4 Å². The number of rotatable bonds is 1. The first-order valence-electron chi connectivity index (χ1n) is 7.28. The van der Waals surface area contributed by atoms with Gasteiger partial charge in [0.05, 0.1) is 5.69 Å². The van der Waals surface area contributed by atoms with Crippen LogP contribution in [0.25, 0.3) is 0 Å². The van der Waals surface area contributed by atoms with Crippen molar-refractivity contribution in [3.05, 3.63) is 29.3 Å². The molecule has 2 heterocycles. The third-order valence-electron chi connectivity index (χ3n) is 5.06. The minimum Gasteiger partial charge on any atom is -0.317 e. The molecular formula is C16H20N2. The summed E-state index contributed by atoms with van der Waals surface area (Å²) in [6.45, 7) is 2.34. The standard InChI is InChI=1S/C16H20N2/c1-6-16(7-1)11-18-15-3-2-13(10-14(15)16)12-4-8-17-9-5-12/h2-3,10-12,17H,1,4-9H2. The number of aliphatic imine (C=N–C) groups is 1. The van der Waals surface area contributed by atoms with Gasteiger partial charge in [-0.15, -0.1) is 0 Å². The molecule has 1 spiro atoms. The SMILES string of the molecule is C1=Nc2ccc(C3CCNCC3)cc2C12CCC2. The first-order chi connectivity index (χ1) is 8.87. The summed E-state index contributed by atoms with van der Waals surface area (Å²) < 4.78 is 0. The molecule has 0 radical (unpaired) electrons. The molecule has 1 aromatic rings. The Kier molecular flexibility index (Phi) is 2.34. The summed E-state index contributed by atoms with van der Waals surface area (Å²) in [6.07, 6.45) is 8.76. The van der Waals surface area contributed by atoms with Crippen LogP contribution in [-0.2, 0) is 5.41 Å². The van der Waals surface area contributed by atoms with Crippen LogP contribution in [0.5, 0.6) is 0 Å². The van der Waals surface area contributed by atoms with Crippen LogP contribution in [0.3, 0.4) is 0 Å². The van der Waals surface area contributed by atoms with E-state index in [1.165, 1.54) is 56.4 Å². The van der Waals surface area contributed by atoms with E-state index in [0.29, 0.717) is 5.41 Å². The lowest BCUT2D eigenvalue weighted by Gasteiger charge is -2.37. The molecule has 18 heavy (non-hydrogen) atoms. The Morgan fingerprint density at radius 2 is 2.00 bits per heavy atom. The van der Waals surface area contributed by atoms with Crippen LogP contribution in [0.4, 0.5) is 5.69 Å². The van der Waals surface area contributed by atoms with Crippen molar-refractivity contribution in [3.8, 4) is 0 Å². The van der Waals surface area contributed by atoms with E-state index in [4.69, 9.17) is 0 Å². The summed E-state index contributed by atoms with van der Waals surface area (Å²) in [4.78, 5) is 4.62. The summed E-state index contributed by atoms with van der Waals surface area (Å²) in [6, 6.07) is 7.03. The molecule has 2 aliphatic heterocycles. The fourth-order valence-corrected chi connectivity index (χ4v) is 3.69. The van der Waals surface area contributed by atoms with Crippen molar-refractivity contribution < 1.29 is 0 Å². The van der Waals surface area contributed by atoms with Crippen LogP contribution in [0.2, 0.25) is 0 Å². The average Bonchev–Trinajstić information content (AvgIpc) is 2.78. The van der Waals surface area contributed by atoms with Crippen LogP contribution in [-0.4, -0.2) is 19.3 Å². The number of hydrogen-bond donors (Lipinski definition) is 1. The molecule has 1 saturated carbocycles. The quantitative estimate of drug-likeness (QED) is 0.800. The van der Waals surface area contributed by atoms with Gasteiger partial charge in [0.1, 0.15) is 0 Å². The normalized spacial score (nSPS) is 25.1. The number of nitrogens with one attached hydrogen (secondary N) is 1. The van der Waals surface area contributed by atoms with E-state index in [1.807, 2.05) is 0 Å². The lowest BCUT2D eigenvalue weighted by molar-refractivity contribution is 0.353. The van der Waals surface area contributed by atoms with Crippen molar-refractivity contribution in [1.29, 1.82) is 0 Å². The molecule has 1 aromatic carbocycles. The predicted octanol–water partition coefficient (Wildman–Crippen LogP) is 3.29.